The van der Waals surface area contributed by atoms with Gasteiger partial charge in [0.15, 0.2) is 0 Å². The highest BCUT2D eigenvalue weighted by Gasteiger charge is 2.25. The number of aromatic nitrogens is 1. The first kappa shape index (κ1) is 16.4. The lowest BCUT2D eigenvalue weighted by molar-refractivity contribution is 0.163. The summed E-state index contributed by atoms with van der Waals surface area (Å²) in [5.74, 6) is -0.261. The van der Waals surface area contributed by atoms with E-state index >= 15 is 0 Å². The lowest BCUT2D eigenvalue weighted by Crippen LogP contribution is -2.43. The number of hydrogen-bond donors (Lipinski definition) is 1. The normalized spacial score (nSPS) is 15.0. The molecule has 1 heterocycles. The summed E-state index contributed by atoms with van der Waals surface area (Å²) in [5.41, 5.74) is 1.62. The van der Waals surface area contributed by atoms with Gasteiger partial charge in [0.05, 0.1) is 11.9 Å². The van der Waals surface area contributed by atoms with Crippen LogP contribution in [0, 0.1) is 5.82 Å². The number of carbonyl (C=O) groups is 1. The average molecular weight is 327 g/mol. The lowest BCUT2D eigenvalue weighted by Gasteiger charge is -2.34. The molecule has 24 heavy (non-hydrogen) atoms. The first-order valence-electron chi connectivity index (χ1n) is 8.44. The number of nitrogens with zero attached hydrogens (tertiary/aromatic N) is 2. The van der Waals surface area contributed by atoms with E-state index in [0.717, 1.165) is 31.2 Å². The van der Waals surface area contributed by atoms with Crippen LogP contribution < -0.4 is 5.32 Å². The molecule has 0 bridgehead atoms. The Morgan fingerprint density at radius 1 is 1.17 bits per heavy atom. The Morgan fingerprint density at radius 2 is 1.92 bits per heavy atom. The van der Waals surface area contributed by atoms with Crippen LogP contribution >= 0.6 is 0 Å². The summed E-state index contributed by atoms with van der Waals surface area (Å²) in [7, 11) is 0. The highest BCUT2D eigenvalue weighted by atomic mass is 19.1. The molecule has 1 aromatic heterocycles. The van der Waals surface area contributed by atoms with Gasteiger partial charge >= 0.3 is 6.03 Å². The summed E-state index contributed by atoms with van der Waals surface area (Å²) in [6, 6.07) is 10.1. The van der Waals surface area contributed by atoms with E-state index in [9.17, 15) is 9.18 Å². The molecule has 0 radical (unpaired) electrons. The maximum atomic E-state index is 13.1. The average Bonchev–Trinajstić information content (AvgIpc) is 2.63. The van der Waals surface area contributed by atoms with E-state index < -0.39 is 0 Å². The third-order valence-corrected chi connectivity index (χ3v) is 4.46. The van der Waals surface area contributed by atoms with Crippen molar-refractivity contribution in [3.05, 3.63) is 60.2 Å². The molecular formula is C19H22FN3O. The van der Waals surface area contributed by atoms with Crippen molar-refractivity contribution in [2.75, 3.05) is 5.32 Å². The summed E-state index contributed by atoms with van der Waals surface area (Å²) in [5, 5.41) is 2.92. The molecule has 1 aromatic carbocycles. The number of anilines is 1. The Balaban J connectivity index is 1.75. The third kappa shape index (κ3) is 4.31. The van der Waals surface area contributed by atoms with E-state index in [1.807, 2.05) is 11.0 Å². The van der Waals surface area contributed by atoms with E-state index in [4.69, 9.17) is 0 Å². The fourth-order valence-corrected chi connectivity index (χ4v) is 3.18. The molecule has 3 rings (SSSR count). The Kier molecular flexibility index (Phi) is 5.41. The molecule has 0 aliphatic heterocycles. The van der Waals surface area contributed by atoms with Crippen molar-refractivity contribution in [2.24, 2.45) is 0 Å². The van der Waals surface area contributed by atoms with Crippen molar-refractivity contribution in [2.45, 2.75) is 44.7 Å². The van der Waals surface area contributed by atoms with Crippen LogP contribution in [0.1, 0.15) is 37.7 Å². The first-order chi connectivity index (χ1) is 11.7. The van der Waals surface area contributed by atoms with Gasteiger partial charge < -0.3 is 10.2 Å². The van der Waals surface area contributed by atoms with Gasteiger partial charge in [-0.15, -0.1) is 0 Å². The molecule has 5 heteroatoms. The number of pyridine rings is 1. The van der Waals surface area contributed by atoms with Crippen molar-refractivity contribution in [1.82, 2.24) is 9.88 Å². The molecule has 126 valence electrons. The minimum absolute atomic E-state index is 0.126. The van der Waals surface area contributed by atoms with Gasteiger partial charge in [-0.1, -0.05) is 31.4 Å². The van der Waals surface area contributed by atoms with Gasteiger partial charge in [0.1, 0.15) is 5.82 Å². The van der Waals surface area contributed by atoms with Crippen LogP contribution in [0.25, 0.3) is 0 Å². The van der Waals surface area contributed by atoms with Crippen LogP contribution in [0.2, 0.25) is 0 Å². The number of hydrogen-bond acceptors (Lipinski definition) is 2. The smallest absolute Gasteiger partial charge is 0.317 e. The third-order valence-electron chi connectivity index (χ3n) is 4.46. The molecule has 1 saturated carbocycles. The second-order valence-electron chi connectivity index (χ2n) is 6.22. The maximum Gasteiger partial charge on any atom is 0.322 e. The van der Waals surface area contributed by atoms with Crippen molar-refractivity contribution in [1.29, 1.82) is 0 Å². The van der Waals surface area contributed by atoms with Gasteiger partial charge in [-0.3, -0.25) is 4.98 Å². The van der Waals surface area contributed by atoms with E-state index in [-0.39, 0.29) is 17.9 Å². The number of urea groups is 1. The van der Waals surface area contributed by atoms with Gasteiger partial charge in [-0.2, -0.15) is 0 Å². The van der Waals surface area contributed by atoms with Crippen molar-refractivity contribution in [3.63, 3.8) is 0 Å². The van der Waals surface area contributed by atoms with Crippen LogP contribution in [-0.2, 0) is 6.54 Å². The van der Waals surface area contributed by atoms with Gasteiger partial charge in [-0.05, 0) is 42.7 Å². The highest BCUT2D eigenvalue weighted by molar-refractivity contribution is 5.89. The molecule has 1 aliphatic rings. The van der Waals surface area contributed by atoms with Crippen LogP contribution in [0.5, 0.6) is 0 Å². The molecule has 0 spiro atoms. The fraction of sp³-hybridized carbons (Fsp3) is 0.368. The zero-order chi connectivity index (χ0) is 16.8. The largest absolute Gasteiger partial charge is 0.322 e. The Morgan fingerprint density at radius 3 is 2.58 bits per heavy atom. The number of carbonyl (C=O) groups excluding carboxylic acids is 1. The highest BCUT2D eigenvalue weighted by Crippen LogP contribution is 2.25. The van der Waals surface area contributed by atoms with Crippen LogP contribution in [0.15, 0.2) is 48.8 Å². The van der Waals surface area contributed by atoms with Crippen LogP contribution in [0.4, 0.5) is 14.9 Å². The minimum Gasteiger partial charge on any atom is -0.317 e. The molecule has 0 atom stereocenters. The first-order valence-corrected chi connectivity index (χ1v) is 8.44. The van der Waals surface area contributed by atoms with Gasteiger partial charge in [0.2, 0.25) is 0 Å². The predicted molar refractivity (Wildman–Crippen MR) is 92.1 cm³/mol. The summed E-state index contributed by atoms with van der Waals surface area (Å²) < 4.78 is 13.1. The zero-order valence-corrected chi connectivity index (χ0v) is 13.6. The number of nitrogens with one attached hydrogen (secondary N) is 1. The van der Waals surface area contributed by atoms with E-state index in [1.54, 1.807) is 30.6 Å². The second kappa shape index (κ2) is 7.90. The number of rotatable bonds is 4. The zero-order valence-electron chi connectivity index (χ0n) is 13.6. The second-order valence-corrected chi connectivity index (χ2v) is 6.22. The quantitative estimate of drug-likeness (QED) is 0.893. The summed E-state index contributed by atoms with van der Waals surface area (Å²) in [6.07, 6.45) is 8.85. The molecule has 2 aromatic rings. The molecule has 1 N–H and O–H groups in total. The molecule has 0 saturated heterocycles. The number of amides is 2. The van der Waals surface area contributed by atoms with Gasteiger partial charge in [0.25, 0.3) is 0 Å². The van der Waals surface area contributed by atoms with Crippen molar-refractivity contribution >= 4 is 11.7 Å². The van der Waals surface area contributed by atoms with Crippen molar-refractivity contribution in [3.8, 4) is 0 Å². The molecule has 1 fully saturated rings. The predicted octanol–water partition coefficient (Wildman–Crippen LogP) is 4.59. The summed E-state index contributed by atoms with van der Waals surface area (Å²) in [6.45, 7) is 0.483. The fourth-order valence-electron chi connectivity index (χ4n) is 3.18. The molecule has 2 amide bonds. The standard InChI is InChI=1S/C19H22FN3O/c20-16-10-8-15(9-11-16)14-23(18-6-2-1-3-7-18)19(24)22-17-5-4-12-21-13-17/h4-5,8-13,18H,1-3,6-7,14H2,(H,22,24). The SMILES string of the molecule is O=C(Nc1cccnc1)N(Cc1ccc(F)cc1)C1CCCCC1. The lowest BCUT2D eigenvalue weighted by atomic mass is 9.94. The minimum atomic E-state index is -0.261. The van der Waals surface area contributed by atoms with E-state index in [0.29, 0.717) is 12.2 Å². The van der Waals surface area contributed by atoms with Crippen molar-refractivity contribution < 1.29 is 9.18 Å². The van der Waals surface area contributed by atoms with Crippen LogP contribution in [0.3, 0.4) is 0 Å². The van der Waals surface area contributed by atoms with E-state index in [1.165, 1.54) is 18.6 Å². The maximum absolute atomic E-state index is 13.1. The Labute approximate surface area is 141 Å². The molecule has 0 unspecified atom stereocenters. The Bertz CT molecular complexity index is 654. The number of benzene rings is 1. The Hall–Kier alpha value is -2.43. The van der Waals surface area contributed by atoms with Gasteiger partial charge in [-0.25, -0.2) is 9.18 Å². The molecule has 1 aliphatic carbocycles. The van der Waals surface area contributed by atoms with E-state index in [2.05, 4.69) is 10.3 Å². The summed E-state index contributed by atoms with van der Waals surface area (Å²) in [4.78, 5) is 18.7. The molecular weight excluding hydrogens is 305 g/mol. The summed E-state index contributed by atoms with van der Waals surface area (Å²) >= 11 is 0. The van der Waals surface area contributed by atoms with Gasteiger partial charge in [0, 0.05) is 18.8 Å². The number of halogens is 1. The monoisotopic (exact) mass is 327 g/mol. The molecule has 4 nitrogen and oxygen atoms in total. The van der Waals surface area contributed by atoms with Crippen LogP contribution in [-0.4, -0.2) is 22.0 Å². The topological polar surface area (TPSA) is 45.2 Å².